The molecule has 0 aromatic heterocycles. The van der Waals surface area contributed by atoms with Crippen LogP contribution in [-0.4, -0.2) is 26.1 Å². The molecule has 1 heterocycles. The number of aliphatic imine (C=N–C) groups is 1. The zero-order valence-corrected chi connectivity index (χ0v) is 14.1. The molecule has 0 radical (unpaired) electrons. The summed E-state index contributed by atoms with van der Waals surface area (Å²) in [6.45, 7) is 0. The van der Waals surface area contributed by atoms with Gasteiger partial charge in [0.2, 0.25) is 5.90 Å². The van der Waals surface area contributed by atoms with E-state index in [2.05, 4.69) is 4.99 Å². The monoisotopic (exact) mass is 361 g/mol. The third kappa shape index (κ3) is 3.49. The molecule has 128 valence electrons. The van der Waals surface area contributed by atoms with E-state index >= 15 is 0 Å². The number of hydrogen-bond acceptors (Lipinski definition) is 5. The summed E-state index contributed by atoms with van der Waals surface area (Å²) in [5, 5.41) is 0.336. The Balaban J connectivity index is 1.97. The van der Waals surface area contributed by atoms with Crippen LogP contribution in [0.1, 0.15) is 11.1 Å². The van der Waals surface area contributed by atoms with Crippen molar-refractivity contribution in [3.63, 3.8) is 0 Å². The van der Waals surface area contributed by atoms with Gasteiger partial charge in [-0.25, -0.2) is 14.2 Å². The smallest absolute Gasteiger partial charge is 0.363 e. The molecule has 0 fully saturated rings. The number of rotatable bonds is 4. The van der Waals surface area contributed by atoms with Gasteiger partial charge in [-0.15, -0.1) is 0 Å². The highest BCUT2D eigenvalue weighted by molar-refractivity contribution is 6.32. The molecule has 0 atom stereocenters. The summed E-state index contributed by atoms with van der Waals surface area (Å²) in [5.41, 5.74) is 1.20. The van der Waals surface area contributed by atoms with Gasteiger partial charge in [0.05, 0.1) is 19.2 Å². The second-order valence-electron chi connectivity index (χ2n) is 5.08. The number of carbonyl (C=O) groups is 1. The molecule has 2 aromatic carbocycles. The number of carbonyl (C=O) groups excluding carboxylic acids is 1. The minimum atomic E-state index is -0.606. The number of ether oxygens (including phenoxy) is 3. The second kappa shape index (κ2) is 6.94. The molecule has 0 amide bonds. The minimum absolute atomic E-state index is 0.0996. The van der Waals surface area contributed by atoms with Crippen LogP contribution >= 0.6 is 11.6 Å². The number of cyclic esters (lactones) is 1. The topological polar surface area (TPSA) is 57.1 Å². The van der Waals surface area contributed by atoms with Crippen LogP contribution in [0.3, 0.4) is 0 Å². The molecule has 0 N–H and O–H groups in total. The summed E-state index contributed by atoms with van der Waals surface area (Å²) in [5.74, 6) is -0.0516. The molecule has 0 unspecified atom stereocenters. The predicted octanol–water partition coefficient (Wildman–Crippen LogP) is 3.84. The molecule has 0 spiro atoms. The fourth-order valence-corrected chi connectivity index (χ4v) is 2.60. The average Bonchev–Trinajstić information content (AvgIpc) is 2.95. The van der Waals surface area contributed by atoms with Crippen LogP contribution in [0.4, 0.5) is 4.39 Å². The van der Waals surface area contributed by atoms with Gasteiger partial charge in [0.15, 0.2) is 17.2 Å². The van der Waals surface area contributed by atoms with Gasteiger partial charge in [-0.3, -0.25) is 0 Å². The maximum Gasteiger partial charge on any atom is 0.363 e. The SMILES string of the molecule is COc1cc(/C=C2\N=C(c3ccc(F)cc3)OC2=O)cc(Cl)c1OC. The molecule has 0 saturated carbocycles. The van der Waals surface area contributed by atoms with E-state index in [1.54, 1.807) is 12.1 Å². The summed E-state index contributed by atoms with van der Waals surface area (Å²) in [7, 11) is 2.97. The number of halogens is 2. The van der Waals surface area contributed by atoms with E-state index in [1.165, 1.54) is 44.6 Å². The van der Waals surface area contributed by atoms with Crippen molar-refractivity contribution in [3.8, 4) is 11.5 Å². The molecule has 3 rings (SSSR count). The third-order valence-electron chi connectivity index (χ3n) is 3.47. The molecule has 1 aliphatic rings. The van der Waals surface area contributed by atoms with E-state index in [1.807, 2.05) is 0 Å². The van der Waals surface area contributed by atoms with Crippen molar-refractivity contribution in [3.05, 3.63) is 64.1 Å². The van der Waals surface area contributed by atoms with Crippen LogP contribution in [-0.2, 0) is 9.53 Å². The fraction of sp³-hybridized carbons (Fsp3) is 0.111. The zero-order valence-electron chi connectivity index (χ0n) is 13.4. The lowest BCUT2D eigenvalue weighted by Gasteiger charge is -2.10. The second-order valence-corrected chi connectivity index (χ2v) is 5.49. The molecule has 7 heteroatoms. The Bertz CT molecular complexity index is 891. The first-order chi connectivity index (χ1) is 12.0. The van der Waals surface area contributed by atoms with E-state index in [9.17, 15) is 9.18 Å². The van der Waals surface area contributed by atoms with E-state index in [-0.39, 0.29) is 17.4 Å². The molecule has 1 aliphatic heterocycles. The van der Waals surface area contributed by atoms with Crippen molar-refractivity contribution in [2.75, 3.05) is 14.2 Å². The van der Waals surface area contributed by atoms with Gasteiger partial charge < -0.3 is 14.2 Å². The van der Waals surface area contributed by atoms with Crippen molar-refractivity contribution in [2.45, 2.75) is 0 Å². The maximum atomic E-state index is 13.0. The molecule has 25 heavy (non-hydrogen) atoms. The van der Waals surface area contributed by atoms with Gasteiger partial charge in [-0.05, 0) is 48.0 Å². The van der Waals surface area contributed by atoms with Gasteiger partial charge in [0.25, 0.3) is 0 Å². The normalized spacial score (nSPS) is 15.1. The van der Waals surface area contributed by atoms with E-state index in [4.69, 9.17) is 25.8 Å². The Morgan fingerprint density at radius 1 is 1.16 bits per heavy atom. The quantitative estimate of drug-likeness (QED) is 0.613. The van der Waals surface area contributed by atoms with Gasteiger partial charge in [0, 0.05) is 5.56 Å². The lowest BCUT2D eigenvalue weighted by Crippen LogP contribution is -2.05. The molecule has 0 saturated heterocycles. The minimum Gasteiger partial charge on any atom is -0.493 e. The molecule has 2 aromatic rings. The van der Waals surface area contributed by atoms with Crippen LogP contribution < -0.4 is 9.47 Å². The Labute approximate surface area is 148 Å². The van der Waals surface area contributed by atoms with Crippen LogP contribution in [0.5, 0.6) is 11.5 Å². The van der Waals surface area contributed by atoms with Crippen molar-refractivity contribution >= 4 is 29.5 Å². The lowest BCUT2D eigenvalue weighted by atomic mass is 10.1. The number of hydrogen-bond donors (Lipinski definition) is 0. The Morgan fingerprint density at radius 2 is 1.88 bits per heavy atom. The molecule has 5 nitrogen and oxygen atoms in total. The summed E-state index contributed by atoms with van der Waals surface area (Å²) in [6.07, 6.45) is 1.52. The zero-order chi connectivity index (χ0) is 18.0. The van der Waals surface area contributed by atoms with Gasteiger partial charge in [0.1, 0.15) is 5.82 Å². The van der Waals surface area contributed by atoms with Gasteiger partial charge in [-0.2, -0.15) is 0 Å². The first kappa shape index (κ1) is 17.0. The summed E-state index contributed by atoms with van der Waals surface area (Å²) < 4.78 is 28.5. The van der Waals surface area contributed by atoms with Crippen molar-refractivity contribution in [2.24, 2.45) is 4.99 Å². The molecular formula is C18H13ClFNO4. The number of nitrogens with zero attached hydrogens (tertiary/aromatic N) is 1. The standard InChI is InChI=1S/C18H13ClFNO4/c1-23-15-9-10(7-13(19)16(15)24-2)8-14-18(22)25-17(21-14)11-3-5-12(20)6-4-11/h3-9H,1-2H3/b14-8-. The summed E-state index contributed by atoms with van der Waals surface area (Å²) in [6, 6.07) is 8.78. The number of methoxy groups -OCH3 is 2. The summed E-state index contributed by atoms with van der Waals surface area (Å²) in [4.78, 5) is 16.2. The number of benzene rings is 2. The van der Waals surface area contributed by atoms with E-state index in [0.717, 1.165) is 0 Å². The first-order valence-electron chi connectivity index (χ1n) is 7.22. The summed E-state index contributed by atoms with van der Waals surface area (Å²) >= 11 is 6.15. The van der Waals surface area contributed by atoms with Crippen LogP contribution in [0.15, 0.2) is 47.1 Å². The maximum absolute atomic E-state index is 13.0. The van der Waals surface area contributed by atoms with Crippen molar-refractivity contribution < 1.29 is 23.4 Å². The molecule has 0 aliphatic carbocycles. The highest BCUT2D eigenvalue weighted by Gasteiger charge is 2.24. The van der Waals surface area contributed by atoms with Crippen molar-refractivity contribution in [1.29, 1.82) is 0 Å². The predicted molar refractivity (Wildman–Crippen MR) is 91.6 cm³/mol. The fourth-order valence-electron chi connectivity index (χ4n) is 2.30. The van der Waals surface area contributed by atoms with E-state index < -0.39 is 5.97 Å². The number of esters is 1. The Morgan fingerprint density at radius 3 is 2.52 bits per heavy atom. The van der Waals surface area contributed by atoms with Crippen molar-refractivity contribution in [1.82, 2.24) is 0 Å². The molecule has 0 bridgehead atoms. The molecular weight excluding hydrogens is 349 g/mol. The Kier molecular flexibility index (Phi) is 4.72. The largest absolute Gasteiger partial charge is 0.493 e. The Hall–Kier alpha value is -2.86. The first-order valence-corrected chi connectivity index (χ1v) is 7.59. The third-order valence-corrected chi connectivity index (χ3v) is 3.75. The van der Waals surface area contributed by atoms with Gasteiger partial charge in [-0.1, -0.05) is 11.6 Å². The van der Waals surface area contributed by atoms with E-state index in [0.29, 0.717) is 27.6 Å². The average molecular weight is 362 g/mol. The van der Waals surface area contributed by atoms with Gasteiger partial charge >= 0.3 is 5.97 Å². The van der Waals surface area contributed by atoms with Crippen LogP contribution in [0.2, 0.25) is 5.02 Å². The highest BCUT2D eigenvalue weighted by Crippen LogP contribution is 2.36. The highest BCUT2D eigenvalue weighted by atomic mass is 35.5. The van der Waals surface area contributed by atoms with Crippen LogP contribution in [0.25, 0.3) is 6.08 Å². The van der Waals surface area contributed by atoms with Crippen LogP contribution in [0, 0.1) is 5.82 Å². The lowest BCUT2D eigenvalue weighted by molar-refractivity contribution is -0.129.